The molecule has 1 aromatic heterocycles. The minimum atomic E-state index is -0.846. The Morgan fingerprint density at radius 3 is 2.88 bits per heavy atom. The van der Waals surface area contributed by atoms with Crippen LogP contribution in [0.25, 0.3) is 0 Å². The Bertz CT molecular complexity index is 442. The lowest BCUT2D eigenvalue weighted by atomic mass is 10.0. The minimum absolute atomic E-state index is 0.0382. The van der Waals surface area contributed by atoms with Crippen molar-refractivity contribution in [3.05, 3.63) is 28.4 Å². The average Bonchev–Trinajstić information content (AvgIpc) is 2.15. The Hall–Kier alpha value is -2.18. The molecular weight excluding hydrogens is 214 g/mol. The van der Waals surface area contributed by atoms with Gasteiger partial charge >= 0.3 is 5.97 Å². The Morgan fingerprint density at radius 1 is 1.62 bits per heavy atom. The fourth-order valence-electron chi connectivity index (χ4n) is 1.52. The largest absolute Gasteiger partial charge is 0.481 e. The minimum Gasteiger partial charge on any atom is -0.481 e. The number of carboxylic acid groups (broad SMARTS) is 1. The summed E-state index contributed by atoms with van der Waals surface area (Å²) in [6.45, 7) is 0.701. The van der Waals surface area contributed by atoms with Gasteiger partial charge < -0.3 is 10.0 Å². The van der Waals surface area contributed by atoms with Crippen LogP contribution in [0, 0.1) is 16.0 Å². The van der Waals surface area contributed by atoms with Crippen LogP contribution in [0.2, 0.25) is 0 Å². The summed E-state index contributed by atoms with van der Waals surface area (Å²) in [6.07, 6.45) is 1.35. The van der Waals surface area contributed by atoms with Gasteiger partial charge in [0.2, 0.25) is 0 Å². The third-order valence-electron chi connectivity index (χ3n) is 2.49. The first kappa shape index (κ1) is 10.3. The topological polar surface area (TPSA) is 96.6 Å². The van der Waals surface area contributed by atoms with Gasteiger partial charge in [-0.2, -0.15) is 0 Å². The zero-order valence-electron chi connectivity index (χ0n) is 8.24. The molecule has 1 fully saturated rings. The number of anilines is 1. The van der Waals surface area contributed by atoms with Crippen molar-refractivity contribution in [3.63, 3.8) is 0 Å². The fourth-order valence-corrected chi connectivity index (χ4v) is 1.52. The Labute approximate surface area is 90.5 Å². The molecule has 1 N–H and O–H groups in total. The lowest BCUT2D eigenvalue weighted by molar-refractivity contribution is -0.384. The first-order chi connectivity index (χ1) is 7.58. The van der Waals surface area contributed by atoms with Crippen LogP contribution in [0.5, 0.6) is 0 Å². The van der Waals surface area contributed by atoms with Crippen molar-refractivity contribution in [2.45, 2.75) is 0 Å². The highest BCUT2D eigenvalue weighted by Gasteiger charge is 2.33. The number of pyridine rings is 1. The molecule has 0 amide bonds. The van der Waals surface area contributed by atoms with Crippen LogP contribution >= 0.6 is 0 Å². The number of nitro groups is 1. The van der Waals surface area contributed by atoms with Gasteiger partial charge in [-0.05, 0) is 0 Å². The van der Waals surface area contributed by atoms with Gasteiger partial charge in [0, 0.05) is 25.4 Å². The van der Waals surface area contributed by atoms with E-state index in [-0.39, 0.29) is 5.69 Å². The number of carboxylic acids is 1. The lowest BCUT2D eigenvalue weighted by Crippen LogP contribution is -2.50. The highest BCUT2D eigenvalue weighted by atomic mass is 16.6. The van der Waals surface area contributed by atoms with E-state index in [1.54, 1.807) is 4.90 Å². The first-order valence-electron chi connectivity index (χ1n) is 4.66. The number of nitrogens with zero attached hydrogens (tertiary/aromatic N) is 3. The second-order valence-electron chi connectivity index (χ2n) is 3.57. The van der Waals surface area contributed by atoms with Crippen LogP contribution in [0.4, 0.5) is 11.5 Å². The molecule has 16 heavy (non-hydrogen) atoms. The molecule has 0 aliphatic carbocycles. The van der Waals surface area contributed by atoms with Gasteiger partial charge in [-0.3, -0.25) is 14.9 Å². The van der Waals surface area contributed by atoms with E-state index in [0.717, 1.165) is 0 Å². The monoisotopic (exact) mass is 223 g/mol. The van der Waals surface area contributed by atoms with Crippen molar-refractivity contribution in [3.8, 4) is 0 Å². The van der Waals surface area contributed by atoms with Crippen LogP contribution in [-0.2, 0) is 4.79 Å². The Balaban J connectivity index is 2.09. The van der Waals surface area contributed by atoms with Gasteiger partial charge in [-0.25, -0.2) is 4.98 Å². The highest BCUT2D eigenvalue weighted by Crippen LogP contribution is 2.25. The molecule has 7 nitrogen and oxygen atoms in total. The van der Waals surface area contributed by atoms with E-state index in [2.05, 4.69) is 4.98 Å². The highest BCUT2D eigenvalue weighted by molar-refractivity contribution is 5.74. The summed E-state index contributed by atoms with van der Waals surface area (Å²) < 4.78 is 0. The molecule has 1 saturated heterocycles. The Morgan fingerprint density at radius 2 is 2.31 bits per heavy atom. The van der Waals surface area contributed by atoms with E-state index < -0.39 is 16.8 Å². The summed E-state index contributed by atoms with van der Waals surface area (Å²) in [5.41, 5.74) is -0.0382. The molecule has 0 atom stereocenters. The van der Waals surface area contributed by atoms with Crippen molar-refractivity contribution < 1.29 is 14.8 Å². The van der Waals surface area contributed by atoms with Crippen molar-refractivity contribution in [1.82, 2.24) is 4.98 Å². The van der Waals surface area contributed by atoms with Crippen molar-refractivity contribution in [2.24, 2.45) is 5.92 Å². The van der Waals surface area contributed by atoms with Gasteiger partial charge in [-0.15, -0.1) is 0 Å². The zero-order chi connectivity index (χ0) is 11.7. The number of hydrogen-bond donors (Lipinski definition) is 1. The van der Waals surface area contributed by atoms with Crippen LogP contribution in [-0.4, -0.2) is 34.1 Å². The summed E-state index contributed by atoms with van der Waals surface area (Å²) in [5.74, 6) is -0.797. The maximum atomic E-state index is 10.6. The summed E-state index contributed by atoms with van der Waals surface area (Å²) in [7, 11) is 0. The molecule has 0 saturated carbocycles. The van der Waals surface area contributed by atoms with E-state index >= 15 is 0 Å². The summed E-state index contributed by atoms with van der Waals surface area (Å²) in [4.78, 5) is 26.3. The smallest absolute Gasteiger partial charge is 0.310 e. The van der Waals surface area contributed by atoms with E-state index in [1.165, 1.54) is 18.3 Å². The SMILES string of the molecule is O=C(O)C1CN(c2cc([N+](=O)[O-])ccn2)C1. The van der Waals surface area contributed by atoms with Crippen LogP contribution < -0.4 is 4.90 Å². The van der Waals surface area contributed by atoms with Gasteiger partial charge in [0.25, 0.3) is 5.69 Å². The van der Waals surface area contributed by atoms with E-state index in [4.69, 9.17) is 5.11 Å². The first-order valence-corrected chi connectivity index (χ1v) is 4.66. The zero-order valence-corrected chi connectivity index (χ0v) is 8.24. The van der Waals surface area contributed by atoms with Crippen LogP contribution in [0.3, 0.4) is 0 Å². The number of rotatable bonds is 3. The molecule has 1 aromatic rings. The molecule has 0 aromatic carbocycles. The number of carbonyl (C=O) groups is 1. The van der Waals surface area contributed by atoms with Crippen LogP contribution in [0.1, 0.15) is 0 Å². The molecule has 84 valence electrons. The van der Waals surface area contributed by atoms with E-state index in [1.807, 2.05) is 0 Å². The fraction of sp³-hybridized carbons (Fsp3) is 0.333. The number of aromatic nitrogens is 1. The van der Waals surface area contributed by atoms with E-state index in [0.29, 0.717) is 18.9 Å². The van der Waals surface area contributed by atoms with Gasteiger partial charge in [0.05, 0.1) is 16.9 Å². The molecule has 0 spiro atoms. The molecule has 1 aliphatic heterocycles. The molecule has 0 bridgehead atoms. The third-order valence-corrected chi connectivity index (χ3v) is 2.49. The quantitative estimate of drug-likeness (QED) is 0.592. The summed E-state index contributed by atoms with van der Waals surface area (Å²) in [6, 6.07) is 2.65. The molecule has 7 heteroatoms. The number of aliphatic carboxylic acids is 1. The van der Waals surface area contributed by atoms with Crippen molar-refractivity contribution in [2.75, 3.05) is 18.0 Å². The molecule has 2 rings (SSSR count). The second-order valence-corrected chi connectivity index (χ2v) is 3.57. The van der Waals surface area contributed by atoms with Gasteiger partial charge in [0.15, 0.2) is 0 Å². The summed E-state index contributed by atoms with van der Waals surface area (Å²) in [5, 5.41) is 19.2. The maximum Gasteiger partial charge on any atom is 0.310 e. The second kappa shape index (κ2) is 3.76. The average molecular weight is 223 g/mol. The molecule has 1 aliphatic rings. The molecule has 2 heterocycles. The predicted octanol–water partition coefficient (Wildman–Crippen LogP) is 0.511. The summed E-state index contributed by atoms with van der Waals surface area (Å²) >= 11 is 0. The standard InChI is InChI=1S/C9H9N3O4/c13-9(14)6-4-11(5-6)8-3-7(12(15)16)1-2-10-8/h1-3,6H,4-5H2,(H,13,14). The van der Waals surface area contributed by atoms with Gasteiger partial charge in [0.1, 0.15) is 5.82 Å². The molecular formula is C9H9N3O4. The van der Waals surface area contributed by atoms with E-state index in [9.17, 15) is 14.9 Å². The number of hydrogen-bond acceptors (Lipinski definition) is 5. The lowest BCUT2D eigenvalue weighted by Gasteiger charge is -2.37. The normalized spacial score (nSPS) is 15.6. The molecule has 0 unspecified atom stereocenters. The predicted molar refractivity (Wildman–Crippen MR) is 54.2 cm³/mol. The van der Waals surface area contributed by atoms with Crippen LogP contribution in [0.15, 0.2) is 18.3 Å². The van der Waals surface area contributed by atoms with Crippen molar-refractivity contribution in [1.29, 1.82) is 0 Å². The van der Waals surface area contributed by atoms with Crippen molar-refractivity contribution >= 4 is 17.5 Å². The molecule has 0 radical (unpaired) electrons. The Kier molecular flexibility index (Phi) is 2.43. The maximum absolute atomic E-state index is 10.6. The third kappa shape index (κ3) is 1.79. The van der Waals surface area contributed by atoms with Gasteiger partial charge in [-0.1, -0.05) is 0 Å².